The smallest absolute Gasteiger partial charge is 0.0719 e. The van der Waals surface area contributed by atoms with Crippen LogP contribution < -0.4 is 5.32 Å². The second-order valence-corrected chi connectivity index (χ2v) is 5.79. The number of nitrogens with one attached hydrogen (secondary N) is 1. The summed E-state index contributed by atoms with van der Waals surface area (Å²) in [5.41, 5.74) is 1.57. The highest BCUT2D eigenvalue weighted by molar-refractivity contribution is 5.14. The summed E-state index contributed by atoms with van der Waals surface area (Å²) in [5, 5.41) is 3.43. The fraction of sp³-hybridized carbons (Fsp3) is 0.625. The molecule has 0 atom stereocenters. The van der Waals surface area contributed by atoms with Gasteiger partial charge in [-0.2, -0.15) is 0 Å². The van der Waals surface area contributed by atoms with Gasteiger partial charge in [0.05, 0.1) is 12.2 Å². The molecular weight excluding hydrogens is 236 g/mol. The van der Waals surface area contributed by atoms with Crippen molar-refractivity contribution >= 4 is 0 Å². The van der Waals surface area contributed by atoms with E-state index < -0.39 is 0 Å². The van der Waals surface area contributed by atoms with Crippen molar-refractivity contribution in [1.29, 1.82) is 0 Å². The zero-order chi connectivity index (χ0) is 13.0. The van der Waals surface area contributed by atoms with Crippen molar-refractivity contribution in [3.05, 3.63) is 35.9 Å². The van der Waals surface area contributed by atoms with Crippen LogP contribution >= 0.6 is 0 Å². The lowest BCUT2D eigenvalue weighted by Crippen LogP contribution is -2.44. The highest BCUT2D eigenvalue weighted by Crippen LogP contribution is 2.29. The minimum atomic E-state index is 0.163. The number of benzene rings is 1. The molecule has 1 aromatic rings. The predicted molar refractivity (Wildman–Crippen MR) is 77.1 cm³/mol. The number of nitrogens with zero attached hydrogens (tertiary/aromatic N) is 1. The first-order valence-electron chi connectivity index (χ1n) is 7.47. The highest BCUT2D eigenvalue weighted by atomic mass is 16.5. The van der Waals surface area contributed by atoms with Crippen LogP contribution in [0.5, 0.6) is 0 Å². The van der Waals surface area contributed by atoms with E-state index in [1.807, 2.05) is 0 Å². The van der Waals surface area contributed by atoms with Gasteiger partial charge in [-0.15, -0.1) is 0 Å². The van der Waals surface area contributed by atoms with E-state index in [0.717, 1.165) is 39.3 Å². The van der Waals surface area contributed by atoms with Crippen molar-refractivity contribution in [2.45, 2.75) is 31.4 Å². The van der Waals surface area contributed by atoms with Crippen LogP contribution in [0.1, 0.15) is 24.8 Å². The van der Waals surface area contributed by atoms with Crippen LogP contribution in [0.2, 0.25) is 0 Å². The summed E-state index contributed by atoms with van der Waals surface area (Å²) in [6, 6.07) is 10.8. The van der Waals surface area contributed by atoms with Crippen molar-refractivity contribution in [2.75, 3.05) is 32.8 Å². The third-order valence-corrected chi connectivity index (χ3v) is 4.46. The Bertz CT molecular complexity index is 387. The van der Waals surface area contributed by atoms with Crippen LogP contribution in [-0.2, 0) is 11.3 Å². The molecule has 1 aromatic carbocycles. The number of piperidine rings is 1. The summed E-state index contributed by atoms with van der Waals surface area (Å²) in [4.78, 5) is 2.53. The molecule has 3 rings (SSSR count). The Morgan fingerprint density at radius 2 is 1.84 bits per heavy atom. The Morgan fingerprint density at radius 1 is 1.05 bits per heavy atom. The van der Waals surface area contributed by atoms with E-state index in [1.165, 1.54) is 24.8 Å². The van der Waals surface area contributed by atoms with Crippen molar-refractivity contribution in [3.63, 3.8) is 0 Å². The average Bonchev–Trinajstić information content (AvgIpc) is 2.64. The topological polar surface area (TPSA) is 24.5 Å². The summed E-state index contributed by atoms with van der Waals surface area (Å²) in [6.07, 6.45) is 3.53. The summed E-state index contributed by atoms with van der Waals surface area (Å²) < 4.78 is 6.22. The van der Waals surface area contributed by atoms with Gasteiger partial charge >= 0.3 is 0 Å². The predicted octanol–water partition coefficient (Wildman–Crippen LogP) is 2.03. The molecule has 0 bridgehead atoms. The molecule has 2 saturated heterocycles. The fourth-order valence-electron chi connectivity index (χ4n) is 3.21. The lowest BCUT2D eigenvalue weighted by atomic mass is 9.89. The number of rotatable bonds is 2. The quantitative estimate of drug-likeness (QED) is 0.880. The molecule has 1 spiro atoms. The van der Waals surface area contributed by atoms with Gasteiger partial charge in [0.25, 0.3) is 0 Å². The van der Waals surface area contributed by atoms with Gasteiger partial charge in [-0.05, 0) is 37.9 Å². The molecule has 2 aliphatic rings. The highest BCUT2D eigenvalue weighted by Gasteiger charge is 2.34. The summed E-state index contributed by atoms with van der Waals surface area (Å²) in [6.45, 7) is 6.38. The van der Waals surface area contributed by atoms with Gasteiger partial charge in [0, 0.05) is 19.6 Å². The molecule has 0 amide bonds. The van der Waals surface area contributed by atoms with Gasteiger partial charge in [0.1, 0.15) is 0 Å². The minimum Gasteiger partial charge on any atom is -0.374 e. The Hall–Kier alpha value is -0.900. The lowest BCUT2D eigenvalue weighted by molar-refractivity contribution is -0.0584. The van der Waals surface area contributed by atoms with Gasteiger partial charge in [0.15, 0.2) is 0 Å². The SMILES string of the molecule is c1ccc(CN2CCOC3(CCNCC3)CC2)cc1. The molecule has 3 heteroatoms. The monoisotopic (exact) mass is 260 g/mol. The molecule has 0 aliphatic carbocycles. The van der Waals surface area contributed by atoms with Crippen LogP contribution in [0.25, 0.3) is 0 Å². The fourth-order valence-corrected chi connectivity index (χ4v) is 3.21. The lowest BCUT2D eigenvalue weighted by Gasteiger charge is -2.36. The first-order valence-corrected chi connectivity index (χ1v) is 7.47. The second-order valence-electron chi connectivity index (χ2n) is 5.79. The average molecular weight is 260 g/mol. The zero-order valence-electron chi connectivity index (χ0n) is 11.6. The van der Waals surface area contributed by atoms with E-state index in [0.29, 0.717) is 0 Å². The molecule has 1 N–H and O–H groups in total. The normalized spacial score (nSPS) is 24.2. The van der Waals surface area contributed by atoms with Gasteiger partial charge < -0.3 is 10.1 Å². The van der Waals surface area contributed by atoms with Crippen LogP contribution in [0.4, 0.5) is 0 Å². The van der Waals surface area contributed by atoms with Crippen LogP contribution in [-0.4, -0.2) is 43.3 Å². The molecule has 3 nitrogen and oxygen atoms in total. The second kappa shape index (κ2) is 6.04. The summed E-state index contributed by atoms with van der Waals surface area (Å²) >= 11 is 0. The first-order chi connectivity index (χ1) is 9.36. The van der Waals surface area contributed by atoms with Gasteiger partial charge in [-0.3, -0.25) is 4.90 Å². The molecular formula is C16H24N2O. The molecule has 2 fully saturated rings. The molecule has 104 valence electrons. The molecule has 0 unspecified atom stereocenters. The van der Waals surface area contributed by atoms with Crippen molar-refractivity contribution in [1.82, 2.24) is 10.2 Å². The van der Waals surface area contributed by atoms with Crippen molar-refractivity contribution in [3.8, 4) is 0 Å². The number of hydrogen-bond donors (Lipinski definition) is 1. The van der Waals surface area contributed by atoms with Crippen LogP contribution in [0.3, 0.4) is 0 Å². The van der Waals surface area contributed by atoms with E-state index in [1.54, 1.807) is 0 Å². The maximum atomic E-state index is 6.22. The standard InChI is InChI=1S/C16H24N2O/c1-2-4-15(5-3-1)14-18-11-8-16(19-13-12-18)6-9-17-10-7-16/h1-5,17H,6-14H2. The third-order valence-electron chi connectivity index (χ3n) is 4.46. The van der Waals surface area contributed by atoms with Gasteiger partial charge in [0.2, 0.25) is 0 Å². The maximum Gasteiger partial charge on any atom is 0.0719 e. The Kier molecular flexibility index (Phi) is 4.16. The van der Waals surface area contributed by atoms with Crippen LogP contribution in [0, 0.1) is 0 Å². The van der Waals surface area contributed by atoms with Crippen molar-refractivity contribution < 1.29 is 4.74 Å². The Morgan fingerprint density at radius 3 is 2.63 bits per heavy atom. The molecule has 0 saturated carbocycles. The molecule has 2 aliphatic heterocycles. The van der Waals surface area contributed by atoms with E-state index >= 15 is 0 Å². The van der Waals surface area contributed by atoms with E-state index in [2.05, 4.69) is 40.5 Å². The molecule has 0 aromatic heterocycles. The summed E-state index contributed by atoms with van der Waals surface area (Å²) in [5.74, 6) is 0. The van der Waals surface area contributed by atoms with E-state index in [9.17, 15) is 0 Å². The zero-order valence-corrected chi connectivity index (χ0v) is 11.6. The number of hydrogen-bond acceptors (Lipinski definition) is 3. The first kappa shape index (κ1) is 13.1. The van der Waals surface area contributed by atoms with Gasteiger partial charge in [-0.1, -0.05) is 30.3 Å². The third kappa shape index (κ3) is 3.35. The molecule has 0 radical (unpaired) electrons. The molecule has 2 heterocycles. The molecule has 19 heavy (non-hydrogen) atoms. The van der Waals surface area contributed by atoms with Crippen LogP contribution in [0.15, 0.2) is 30.3 Å². The Labute approximate surface area is 115 Å². The van der Waals surface area contributed by atoms with E-state index in [4.69, 9.17) is 4.74 Å². The van der Waals surface area contributed by atoms with Gasteiger partial charge in [-0.25, -0.2) is 0 Å². The minimum absolute atomic E-state index is 0.163. The maximum absolute atomic E-state index is 6.22. The summed E-state index contributed by atoms with van der Waals surface area (Å²) in [7, 11) is 0. The van der Waals surface area contributed by atoms with Crippen molar-refractivity contribution in [2.24, 2.45) is 0 Å². The van der Waals surface area contributed by atoms with E-state index in [-0.39, 0.29) is 5.60 Å². The number of ether oxygens (including phenoxy) is 1. The largest absolute Gasteiger partial charge is 0.374 e. The Balaban J connectivity index is 1.58.